The number of hydrogen-bond acceptors (Lipinski definition) is 3. The van der Waals surface area contributed by atoms with E-state index >= 15 is 0 Å². The fourth-order valence-electron chi connectivity index (χ4n) is 1.56. The van der Waals surface area contributed by atoms with Crippen molar-refractivity contribution in [1.29, 1.82) is 0 Å². The fourth-order valence-corrected chi connectivity index (χ4v) is 1.56. The van der Waals surface area contributed by atoms with Crippen molar-refractivity contribution in [2.75, 3.05) is 25.0 Å². The molecule has 15 heavy (non-hydrogen) atoms. The average molecular weight is 207 g/mol. The molecular weight excluding hydrogens is 186 g/mol. The highest BCUT2D eigenvalue weighted by Crippen LogP contribution is 2.09. The second-order valence-electron chi connectivity index (χ2n) is 3.54. The van der Waals surface area contributed by atoms with E-state index in [9.17, 15) is 0 Å². The topological polar surface area (TPSA) is 28.2 Å². The number of hydrogen-bond donors (Lipinski definition) is 1. The Hall–Kier alpha value is -1.09. The summed E-state index contributed by atoms with van der Waals surface area (Å²) in [6.07, 6.45) is 1.87. The Morgan fingerprint density at radius 2 is 2.00 bits per heavy atom. The van der Waals surface area contributed by atoms with E-state index in [-0.39, 0.29) is 0 Å². The Bertz CT molecular complexity index is 282. The second kappa shape index (κ2) is 6.40. The molecule has 3 nitrogen and oxygen atoms in total. The normalized spacial score (nSPS) is 10.7. The molecule has 1 aromatic rings. The Balaban J connectivity index is 2.64. The molecule has 84 valence electrons. The molecule has 1 heterocycles. The third kappa shape index (κ3) is 3.88. The van der Waals surface area contributed by atoms with Crippen LogP contribution in [0.1, 0.15) is 26.3 Å². The van der Waals surface area contributed by atoms with Crippen molar-refractivity contribution < 1.29 is 0 Å². The summed E-state index contributed by atoms with van der Waals surface area (Å²) in [5, 5.41) is 3.23. The molecule has 0 amide bonds. The van der Waals surface area contributed by atoms with Gasteiger partial charge in [-0.3, -0.25) is 4.90 Å². The van der Waals surface area contributed by atoms with E-state index in [0.29, 0.717) is 0 Å². The van der Waals surface area contributed by atoms with Gasteiger partial charge < -0.3 is 5.32 Å². The lowest BCUT2D eigenvalue weighted by molar-refractivity contribution is 0.296. The first-order valence-electron chi connectivity index (χ1n) is 5.71. The predicted octanol–water partition coefficient (Wildman–Crippen LogP) is 2.36. The third-order valence-electron chi connectivity index (χ3n) is 2.48. The van der Waals surface area contributed by atoms with Gasteiger partial charge in [0.2, 0.25) is 0 Å². The molecule has 3 heteroatoms. The van der Waals surface area contributed by atoms with Gasteiger partial charge in [0.25, 0.3) is 0 Å². The minimum Gasteiger partial charge on any atom is -0.370 e. The maximum Gasteiger partial charge on any atom is 0.126 e. The van der Waals surface area contributed by atoms with Crippen LogP contribution < -0.4 is 5.32 Å². The maximum atomic E-state index is 4.26. The average Bonchev–Trinajstić information content (AvgIpc) is 2.27. The first-order chi connectivity index (χ1) is 7.30. The standard InChI is InChI=1S/C12H21N3/c1-4-13-12-9-11(7-8-14-12)10-15(5-2)6-3/h7-9H,4-6,10H2,1-3H3,(H,13,14). The summed E-state index contributed by atoms with van der Waals surface area (Å²) in [6, 6.07) is 4.21. The lowest BCUT2D eigenvalue weighted by Gasteiger charge is -2.18. The Kier molecular flexibility index (Phi) is 5.12. The van der Waals surface area contributed by atoms with Crippen LogP contribution >= 0.6 is 0 Å². The third-order valence-corrected chi connectivity index (χ3v) is 2.48. The molecular formula is C12H21N3. The summed E-state index contributed by atoms with van der Waals surface area (Å²) in [7, 11) is 0. The molecule has 0 saturated carbocycles. The smallest absolute Gasteiger partial charge is 0.126 e. The summed E-state index contributed by atoms with van der Waals surface area (Å²) < 4.78 is 0. The largest absolute Gasteiger partial charge is 0.370 e. The lowest BCUT2D eigenvalue weighted by Crippen LogP contribution is -2.22. The first kappa shape index (κ1) is 12.0. The van der Waals surface area contributed by atoms with Crippen molar-refractivity contribution in [3.63, 3.8) is 0 Å². The van der Waals surface area contributed by atoms with E-state index in [1.54, 1.807) is 0 Å². The van der Waals surface area contributed by atoms with Gasteiger partial charge in [0, 0.05) is 19.3 Å². The highest BCUT2D eigenvalue weighted by molar-refractivity contribution is 5.37. The molecule has 0 radical (unpaired) electrons. The van der Waals surface area contributed by atoms with Crippen LogP contribution in [0.5, 0.6) is 0 Å². The first-order valence-corrected chi connectivity index (χ1v) is 5.71. The summed E-state index contributed by atoms with van der Waals surface area (Å²) in [5.41, 5.74) is 1.32. The number of pyridine rings is 1. The number of nitrogens with zero attached hydrogens (tertiary/aromatic N) is 2. The molecule has 0 saturated heterocycles. The molecule has 1 N–H and O–H groups in total. The Labute approximate surface area is 92.5 Å². The number of anilines is 1. The van der Waals surface area contributed by atoms with Gasteiger partial charge in [-0.2, -0.15) is 0 Å². The van der Waals surface area contributed by atoms with Gasteiger partial charge in [0.1, 0.15) is 5.82 Å². The van der Waals surface area contributed by atoms with Crippen LogP contribution in [0.3, 0.4) is 0 Å². The van der Waals surface area contributed by atoms with Crippen molar-refractivity contribution in [2.45, 2.75) is 27.3 Å². The van der Waals surface area contributed by atoms with Gasteiger partial charge in [0.15, 0.2) is 0 Å². The van der Waals surface area contributed by atoms with Gasteiger partial charge in [-0.1, -0.05) is 13.8 Å². The number of aromatic nitrogens is 1. The highest BCUT2D eigenvalue weighted by atomic mass is 15.1. The van der Waals surface area contributed by atoms with Gasteiger partial charge in [-0.15, -0.1) is 0 Å². The van der Waals surface area contributed by atoms with Crippen LogP contribution in [0, 0.1) is 0 Å². The maximum absolute atomic E-state index is 4.26. The van der Waals surface area contributed by atoms with E-state index in [1.807, 2.05) is 6.20 Å². The number of nitrogens with one attached hydrogen (secondary N) is 1. The van der Waals surface area contributed by atoms with Crippen molar-refractivity contribution in [2.24, 2.45) is 0 Å². The van der Waals surface area contributed by atoms with E-state index < -0.39 is 0 Å². The van der Waals surface area contributed by atoms with Gasteiger partial charge in [0.05, 0.1) is 0 Å². The van der Waals surface area contributed by atoms with E-state index in [4.69, 9.17) is 0 Å². The predicted molar refractivity (Wildman–Crippen MR) is 65.0 cm³/mol. The molecule has 1 aromatic heterocycles. The van der Waals surface area contributed by atoms with Crippen LogP contribution in [0.2, 0.25) is 0 Å². The Morgan fingerprint density at radius 1 is 1.27 bits per heavy atom. The summed E-state index contributed by atoms with van der Waals surface area (Å²) in [4.78, 5) is 6.65. The monoisotopic (exact) mass is 207 g/mol. The fraction of sp³-hybridized carbons (Fsp3) is 0.583. The molecule has 0 aliphatic rings. The zero-order valence-corrected chi connectivity index (χ0v) is 9.95. The van der Waals surface area contributed by atoms with Crippen molar-refractivity contribution in [3.8, 4) is 0 Å². The van der Waals surface area contributed by atoms with E-state index in [2.05, 4.69) is 48.1 Å². The molecule has 1 rings (SSSR count). The van der Waals surface area contributed by atoms with Crippen LogP contribution in [-0.2, 0) is 6.54 Å². The summed E-state index contributed by atoms with van der Waals surface area (Å²) in [6.45, 7) is 10.6. The molecule has 0 spiro atoms. The molecule has 0 aromatic carbocycles. The molecule has 0 aliphatic carbocycles. The van der Waals surface area contributed by atoms with Gasteiger partial charge in [-0.05, 0) is 37.7 Å². The van der Waals surface area contributed by atoms with E-state index in [1.165, 1.54) is 5.56 Å². The molecule has 0 atom stereocenters. The van der Waals surface area contributed by atoms with Crippen molar-refractivity contribution >= 4 is 5.82 Å². The SMILES string of the molecule is CCNc1cc(CN(CC)CC)ccn1. The summed E-state index contributed by atoms with van der Waals surface area (Å²) >= 11 is 0. The molecule has 0 bridgehead atoms. The van der Waals surface area contributed by atoms with Crippen LogP contribution in [-0.4, -0.2) is 29.5 Å². The molecule has 0 fully saturated rings. The minimum absolute atomic E-state index is 0.918. The van der Waals surface area contributed by atoms with Crippen molar-refractivity contribution in [1.82, 2.24) is 9.88 Å². The zero-order chi connectivity index (χ0) is 11.1. The van der Waals surface area contributed by atoms with E-state index in [0.717, 1.165) is 32.0 Å². The quantitative estimate of drug-likeness (QED) is 0.776. The van der Waals surface area contributed by atoms with Crippen molar-refractivity contribution in [3.05, 3.63) is 23.9 Å². The highest BCUT2D eigenvalue weighted by Gasteiger charge is 2.01. The van der Waals surface area contributed by atoms with Crippen LogP contribution in [0.15, 0.2) is 18.3 Å². The lowest BCUT2D eigenvalue weighted by atomic mass is 10.2. The number of rotatable bonds is 6. The zero-order valence-electron chi connectivity index (χ0n) is 9.95. The van der Waals surface area contributed by atoms with Crippen LogP contribution in [0.4, 0.5) is 5.82 Å². The van der Waals surface area contributed by atoms with Gasteiger partial charge >= 0.3 is 0 Å². The Morgan fingerprint density at radius 3 is 2.60 bits per heavy atom. The summed E-state index contributed by atoms with van der Waals surface area (Å²) in [5.74, 6) is 0.974. The minimum atomic E-state index is 0.918. The van der Waals surface area contributed by atoms with Gasteiger partial charge in [-0.25, -0.2) is 4.98 Å². The molecule has 0 unspecified atom stereocenters. The second-order valence-corrected chi connectivity index (χ2v) is 3.54. The molecule has 0 aliphatic heterocycles. The van der Waals surface area contributed by atoms with Crippen LogP contribution in [0.25, 0.3) is 0 Å².